The molecule has 0 saturated heterocycles. The van der Waals surface area contributed by atoms with Crippen LogP contribution in [0.4, 0.5) is 0 Å². The molecule has 3 atom stereocenters. The maximum Gasteiger partial charge on any atom is 0.349 e. The Morgan fingerprint density at radius 1 is 0.850 bits per heavy atom. The fraction of sp³-hybridized carbons (Fsp3) is 0.444. The lowest BCUT2D eigenvalue weighted by Crippen LogP contribution is -2.49. The Balaban J connectivity index is 2.32. The molecule has 0 spiro atoms. The lowest BCUT2D eigenvalue weighted by molar-refractivity contribution is -0.190. The van der Waals surface area contributed by atoms with Crippen molar-refractivity contribution >= 4 is 34.8 Å². The highest BCUT2D eigenvalue weighted by molar-refractivity contribution is 5.91. The summed E-state index contributed by atoms with van der Waals surface area (Å²) in [4.78, 5) is 79.3. The standard InChI is InChI=1S/C27H31N3O10/c1-12-8-19-14(3)23-25(28-27(36)29-26(23)35)30(20(19)9-13(12)2)10-21(38-16(5)32)24(40-18(7)34)22(39-17(6)33)11-37-15(4)31/h8-9,21-22,24H,10-11H2,1-7H3,(H,29,35,36)/t21-,22+,24-/m0/s1. The number of hydrogen-bond acceptors (Lipinski definition) is 11. The van der Waals surface area contributed by atoms with Crippen LogP contribution in [-0.4, -0.2) is 63.3 Å². The van der Waals surface area contributed by atoms with Crippen LogP contribution >= 0.6 is 0 Å². The Morgan fingerprint density at radius 2 is 1.43 bits per heavy atom. The maximum atomic E-state index is 12.9. The van der Waals surface area contributed by atoms with E-state index in [2.05, 4.69) is 9.97 Å². The lowest BCUT2D eigenvalue weighted by Gasteiger charge is -2.33. The van der Waals surface area contributed by atoms with Crippen molar-refractivity contribution in [3.8, 4) is 11.4 Å². The average Bonchev–Trinajstić information content (AvgIpc) is 2.82. The molecule has 2 heterocycles. The fourth-order valence-electron chi connectivity index (χ4n) is 4.53. The zero-order valence-corrected chi connectivity index (χ0v) is 23.3. The second-order valence-electron chi connectivity index (χ2n) is 9.43. The van der Waals surface area contributed by atoms with Crippen molar-refractivity contribution in [3.05, 3.63) is 49.7 Å². The van der Waals surface area contributed by atoms with Gasteiger partial charge in [-0.05, 0) is 49.6 Å². The van der Waals surface area contributed by atoms with Gasteiger partial charge in [-0.15, -0.1) is 0 Å². The van der Waals surface area contributed by atoms with Gasteiger partial charge in [0.25, 0.3) is 5.56 Å². The van der Waals surface area contributed by atoms with Crippen molar-refractivity contribution in [1.82, 2.24) is 14.5 Å². The number of aromatic nitrogens is 3. The third-order valence-electron chi connectivity index (χ3n) is 6.30. The van der Waals surface area contributed by atoms with Crippen LogP contribution in [0, 0.1) is 20.8 Å². The highest BCUT2D eigenvalue weighted by atomic mass is 16.6. The largest absolute Gasteiger partial charge is 0.462 e. The minimum Gasteiger partial charge on any atom is -0.462 e. The van der Waals surface area contributed by atoms with Crippen LogP contribution in [0.1, 0.15) is 44.4 Å². The molecule has 0 fully saturated rings. The molecule has 0 saturated carbocycles. The van der Waals surface area contributed by atoms with Crippen molar-refractivity contribution < 1.29 is 38.1 Å². The van der Waals surface area contributed by atoms with E-state index >= 15 is 0 Å². The number of benzene rings is 1. The molecule has 1 aromatic rings. The molecule has 13 heteroatoms. The predicted molar refractivity (Wildman–Crippen MR) is 141 cm³/mol. The zero-order valence-electron chi connectivity index (χ0n) is 23.3. The molecule has 0 radical (unpaired) electrons. The summed E-state index contributed by atoms with van der Waals surface area (Å²) in [6, 6.07) is 3.71. The molecule has 0 bridgehead atoms. The van der Waals surface area contributed by atoms with Crippen LogP contribution in [-0.2, 0) is 44.7 Å². The number of carbonyl (C=O) groups excluding carboxylic acids is 4. The summed E-state index contributed by atoms with van der Waals surface area (Å²) in [5.41, 5.74) is 1.55. The summed E-state index contributed by atoms with van der Waals surface area (Å²) in [6.07, 6.45) is -4.17. The van der Waals surface area contributed by atoms with Crippen LogP contribution in [0.25, 0.3) is 22.3 Å². The third kappa shape index (κ3) is 6.71. The van der Waals surface area contributed by atoms with E-state index in [9.17, 15) is 28.8 Å². The number of H-pyrrole nitrogens is 1. The summed E-state index contributed by atoms with van der Waals surface area (Å²) in [7, 11) is 0. The van der Waals surface area contributed by atoms with E-state index in [1.165, 1.54) is 4.57 Å². The molecule has 0 aliphatic carbocycles. The minimum atomic E-state index is -1.45. The van der Waals surface area contributed by atoms with Gasteiger partial charge in [0.2, 0.25) is 0 Å². The van der Waals surface area contributed by atoms with Gasteiger partial charge in [-0.25, -0.2) is 4.79 Å². The SMILES string of the molecule is CC(=O)OC[C@@H](OC(C)=O)[C@@H](OC(C)=O)[C@H](Cn1c2nc(=O)[nH]c(=O)c-2c(C)c2cc(C)c(C)cc21)OC(C)=O. The molecular formula is C27H31N3O10. The molecule has 3 rings (SSSR count). The van der Waals surface area contributed by atoms with Crippen LogP contribution in [0.5, 0.6) is 0 Å². The van der Waals surface area contributed by atoms with Crippen molar-refractivity contribution in [3.63, 3.8) is 0 Å². The van der Waals surface area contributed by atoms with Crippen molar-refractivity contribution in [2.75, 3.05) is 6.61 Å². The number of fused-ring (bicyclic) bond motifs is 2. The Hall–Kier alpha value is -4.55. The Labute approximate surface area is 228 Å². The highest BCUT2D eigenvalue weighted by Gasteiger charge is 2.39. The number of esters is 4. The van der Waals surface area contributed by atoms with Gasteiger partial charge in [-0.1, -0.05) is 0 Å². The Kier molecular flexibility index (Phi) is 9.07. The van der Waals surface area contributed by atoms with E-state index in [1.807, 2.05) is 26.0 Å². The normalized spacial score (nSPS) is 13.4. The molecule has 0 amide bonds. The first-order chi connectivity index (χ1) is 18.7. The van der Waals surface area contributed by atoms with Crippen LogP contribution in [0.15, 0.2) is 21.7 Å². The van der Waals surface area contributed by atoms with E-state index in [4.69, 9.17) is 18.9 Å². The number of nitrogens with zero attached hydrogens (tertiary/aromatic N) is 2. The van der Waals surface area contributed by atoms with Crippen LogP contribution in [0.3, 0.4) is 0 Å². The first-order valence-electron chi connectivity index (χ1n) is 12.4. The summed E-state index contributed by atoms with van der Waals surface area (Å²) in [5, 5.41) is 0.670. The molecule has 13 nitrogen and oxygen atoms in total. The molecule has 214 valence electrons. The quantitative estimate of drug-likeness (QED) is 0.229. The number of nitrogens with one attached hydrogen (secondary N) is 1. The molecular weight excluding hydrogens is 526 g/mol. The lowest BCUT2D eigenvalue weighted by atomic mass is 9.97. The number of rotatable bonds is 9. The van der Waals surface area contributed by atoms with Gasteiger partial charge >= 0.3 is 29.6 Å². The van der Waals surface area contributed by atoms with Gasteiger partial charge < -0.3 is 23.5 Å². The van der Waals surface area contributed by atoms with Crippen molar-refractivity contribution in [1.29, 1.82) is 0 Å². The van der Waals surface area contributed by atoms with Crippen LogP contribution in [0.2, 0.25) is 0 Å². The molecule has 40 heavy (non-hydrogen) atoms. The number of aromatic amines is 1. The van der Waals surface area contributed by atoms with Gasteiger partial charge in [0.1, 0.15) is 6.61 Å². The predicted octanol–water partition coefficient (Wildman–Crippen LogP) is 1.47. The van der Waals surface area contributed by atoms with Crippen LogP contribution < -0.4 is 11.2 Å². The molecule has 1 N–H and O–H groups in total. The first kappa shape index (κ1) is 30.0. The smallest absolute Gasteiger partial charge is 0.349 e. The number of aryl methyl sites for hydroxylation is 3. The Morgan fingerprint density at radius 3 is 2.00 bits per heavy atom. The van der Waals surface area contributed by atoms with E-state index in [0.29, 0.717) is 16.5 Å². The zero-order chi connectivity index (χ0) is 29.9. The molecule has 2 aliphatic heterocycles. The van der Waals surface area contributed by atoms with Crippen molar-refractivity contribution in [2.24, 2.45) is 0 Å². The van der Waals surface area contributed by atoms with E-state index in [0.717, 1.165) is 38.8 Å². The maximum absolute atomic E-state index is 12.9. The number of hydrogen-bond donors (Lipinski definition) is 1. The highest BCUT2D eigenvalue weighted by Crippen LogP contribution is 2.32. The third-order valence-corrected chi connectivity index (χ3v) is 6.30. The summed E-state index contributed by atoms with van der Waals surface area (Å²) in [5.74, 6) is -3.02. The Bertz CT molecular complexity index is 1570. The summed E-state index contributed by atoms with van der Waals surface area (Å²) >= 11 is 0. The van der Waals surface area contributed by atoms with Gasteiger partial charge in [0, 0.05) is 33.1 Å². The van der Waals surface area contributed by atoms with E-state index in [-0.39, 0.29) is 17.9 Å². The number of ether oxygens (including phenoxy) is 4. The topological polar surface area (TPSA) is 173 Å². The van der Waals surface area contributed by atoms with Gasteiger partial charge in [0.15, 0.2) is 24.1 Å². The van der Waals surface area contributed by atoms with Gasteiger partial charge in [-0.3, -0.25) is 29.0 Å². The van der Waals surface area contributed by atoms with E-state index in [1.54, 1.807) is 6.92 Å². The van der Waals surface area contributed by atoms with Gasteiger partial charge in [-0.2, -0.15) is 4.98 Å². The molecule has 0 unspecified atom stereocenters. The molecule has 1 aromatic carbocycles. The van der Waals surface area contributed by atoms with Gasteiger partial charge in [0.05, 0.1) is 17.6 Å². The molecule has 0 aromatic heterocycles. The second kappa shape index (κ2) is 12.1. The second-order valence-corrected chi connectivity index (χ2v) is 9.43. The summed E-state index contributed by atoms with van der Waals surface area (Å²) < 4.78 is 22.9. The average molecular weight is 558 g/mol. The minimum absolute atomic E-state index is 0.00440. The number of pyridine rings is 1. The summed E-state index contributed by atoms with van der Waals surface area (Å²) in [6.45, 7) is 9.21. The fourth-order valence-corrected chi connectivity index (χ4v) is 4.53. The first-order valence-corrected chi connectivity index (χ1v) is 12.4. The molecule has 2 aliphatic rings. The number of carbonyl (C=O) groups is 4. The monoisotopic (exact) mass is 557 g/mol. The van der Waals surface area contributed by atoms with Crippen molar-refractivity contribution in [2.45, 2.75) is 73.3 Å². The van der Waals surface area contributed by atoms with E-state index < -0.39 is 60.0 Å².